The first-order valence-corrected chi connectivity index (χ1v) is 10.5. The summed E-state index contributed by atoms with van der Waals surface area (Å²) in [4.78, 5) is 3.52. The average molecular weight is 405 g/mol. The summed E-state index contributed by atoms with van der Waals surface area (Å²) in [5.41, 5.74) is -0.175. The van der Waals surface area contributed by atoms with Crippen molar-refractivity contribution < 1.29 is 26.3 Å². The number of sulfone groups is 1. The Labute approximate surface area is 153 Å². The summed E-state index contributed by atoms with van der Waals surface area (Å²) >= 11 is 1.22. The first kappa shape index (κ1) is 19.3. The molecule has 0 N–H and O–H groups in total. The number of rotatable bonds is 4. The Hall–Kier alpha value is -1.45. The Morgan fingerprint density at radius 1 is 1.27 bits per heavy atom. The second-order valence-electron chi connectivity index (χ2n) is 6.34. The highest BCUT2D eigenvalue weighted by molar-refractivity contribution is 7.92. The van der Waals surface area contributed by atoms with E-state index in [2.05, 4.69) is 4.98 Å². The van der Waals surface area contributed by atoms with Gasteiger partial charge in [-0.2, -0.15) is 13.2 Å². The molecule has 142 valence electrons. The highest BCUT2D eigenvalue weighted by atomic mass is 32.2. The molecule has 0 bridgehead atoms. The minimum absolute atomic E-state index is 0.212. The Kier molecular flexibility index (Phi) is 5.15. The van der Waals surface area contributed by atoms with Crippen LogP contribution in [-0.2, 0) is 20.8 Å². The molecule has 1 aliphatic carbocycles. The van der Waals surface area contributed by atoms with Gasteiger partial charge in [0.05, 0.1) is 21.8 Å². The first-order chi connectivity index (χ1) is 12.1. The zero-order chi connectivity index (χ0) is 19.1. The standard InChI is InChI=1S/C17H18F3NO3S2/c1-10-9-25-16(21-10)11-3-6-15(14(7-11)17(18,19)20)26(22,23)13-5-4-12(8-13)24-2/h3,6-7,9,12-13H,4-5,8H2,1-2H3/t12-,13-/m1/s1. The van der Waals surface area contributed by atoms with Gasteiger partial charge in [0.1, 0.15) is 5.01 Å². The van der Waals surface area contributed by atoms with Crippen LogP contribution in [0.25, 0.3) is 10.6 Å². The summed E-state index contributed by atoms with van der Waals surface area (Å²) in [6.45, 7) is 1.75. The van der Waals surface area contributed by atoms with Crippen LogP contribution in [0, 0.1) is 6.92 Å². The first-order valence-electron chi connectivity index (χ1n) is 8.03. The molecule has 1 heterocycles. The van der Waals surface area contributed by atoms with Gasteiger partial charge in [0.15, 0.2) is 9.84 Å². The van der Waals surface area contributed by atoms with Crippen LogP contribution in [0.5, 0.6) is 0 Å². The number of alkyl halides is 3. The lowest BCUT2D eigenvalue weighted by Gasteiger charge is -2.18. The van der Waals surface area contributed by atoms with Crippen molar-refractivity contribution in [1.82, 2.24) is 4.98 Å². The summed E-state index contributed by atoms with van der Waals surface area (Å²) in [6.07, 6.45) is -3.97. The van der Waals surface area contributed by atoms with Gasteiger partial charge in [0.2, 0.25) is 0 Å². The van der Waals surface area contributed by atoms with Crippen molar-refractivity contribution in [1.29, 1.82) is 0 Å². The fraction of sp³-hybridized carbons (Fsp3) is 0.471. The molecule has 1 saturated carbocycles. The third-order valence-corrected chi connectivity index (χ3v) is 7.85. The average Bonchev–Trinajstić information content (AvgIpc) is 3.22. The SMILES string of the molecule is CO[C@@H]1CC[C@@H](S(=O)(=O)c2ccc(-c3nc(C)cs3)cc2C(F)(F)F)C1. The van der Waals surface area contributed by atoms with E-state index in [4.69, 9.17) is 4.74 Å². The molecule has 1 aromatic heterocycles. The van der Waals surface area contributed by atoms with E-state index in [1.54, 1.807) is 12.3 Å². The molecule has 9 heteroatoms. The summed E-state index contributed by atoms with van der Waals surface area (Å²) in [6, 6.07) is 3.33. The Morgan fingerprint density at radius 2 is 2.00 bits per heavy atom. The highest BCUT2D eigenvalue weighted by Crippen LogP contribution is 2.40. The molecule has 2 atom stereocenters. The van der Waals surface area contributed by atoms with Crippen molar-refractivity contribution in [2.24, 2.45) is 0 Å². The van der Waals surface area contributed by atoms with Crippen molar-refractivity contribution in [2.75, 3.05) is 7.11 Å². The maximum Gasteiger partial charge on any atom is 0.417 e. The molecular formula is C17H18F3NO3S2. The highest BCUT2D eigenvalue weighted by Gasteiger charge is 2.42. The van der Waals surface area contributed by atoms with E-state index in [1.165, 1.54) is 24.5 Å². The largest absolute Gasteiger partial charge is 0.417 e. The molecule has 1 aromatic carbocycles. The predicted molar refractivity (Wildman–Crippen MR) is 92.9 cm³/mol. The van der Waals surface area contributed by atoms with Crippen LogP contribution < -0.4 is 0 Å². The lowest BCUT2D eigenvalue weighted by Crippen LogP contribution is -2.23. The lowest BCUT2D eigenvalue weighted by atomic mass is 10.1. The van der Waals surface area contributed by atoms with Crippen molar-refractivity contribution >= 4 is 21.2 Å². The van der Waals surface area contributed by atoms with Crippen molar-refractivity contribution in [3.05, 3.63) is 34.8 Å². The molecule has 2 aromatic rings. The van der Waals surface area contributed by atoms with E-state index in [0.29, 0.717) is 23.5 Å². The number of methoxy groups -OCH3 is 1. The summed E-state index contributed by atoms with van der Waals surface area (Å²) in [5, 5.41) is 1.30. The van der Waals surface area contributed by atoms with E-state index in [9.17, 15) is 21.6 Å². The molecular weight excluding hydrogens is 387 g/mol. The van der Waals surface area contributed by atoms with Crippen LogP contribution in [0.2, 0.25) is 0 Å². The number of hydrogen-bond donors (Lipinski definition) is 0. The quantitative estimate of drug-likeness (QED) is 0.753. The zero-order valence-electron chi connectivity index (χ0n) is 14.2. The van der Waals surface area contributed by atoms with Gasteiger partial charge >= 0.3 is 6.18 Å². The van der Waals surface area contributed by atoms with Gasteiger partial charge in [0.25, 0.3) is 0 Å². The molecule has 1 fully saturated rings. The second-order valence-corrected chi connectivity index (χ2v) is 9.40. The molecule has 4 nitrogen and oxygen atoms in total. The molecule has 0 aliphatic heterocycles. The topological polar surface area (TPSA) is 56.3 Å². The number of hydrogen-bond acceptors (Lipinski definition) is 5. The van der Waals surface area contributed by atoms with E-state index < -0.39 is 31.7 Å². The van der Waals surface area contributed by atoms with Gasteiger partial charge in [0, 0.05) is 23.7 Å². The van der Waals surface area contributed by atoms with Gasteiger partial charge in [-0.15, -0.1) is 11.3 Å². The van der Waals surface area contributed by atoms with Gasteiger partial charge in [-0.25, -0.2) is 13.4 Å². The van der Waals surface area contributed by atoms with Crippen molar-refractivity contribution in [3.63, 3.8) is 0 Å². The van der Waals surface area contributed by atoms with E-state index in [1.807, 2.05) is 0 Å². The van der Waals surface area contributed by atoms with Gasteiger partial charge in [-0.05, 0) is 38.3 Å². The van der Waals surface area contributed by atoms with Gasteiger partial charge < -0.3 is 4.74 Å². The molecule has 0 spiro atoms. The smallest absolute Gasteiger partial charge is 0.381 e. The predicted octanol–water partition coefficient (Wildman–Crippen LogP) is 4.48. The fourth-order valence-corrected chi connectivity index (χ4v) is 6.00. The molecule has 0 saturated heterocycles. The monoisotopic (exact) mass is 405 g/mol. The molecule has 0 amide bonds. The van der Waals surface area contributed by atoms with Crippen molar-refractivity contribution in [3.8, 4) is 10.6 Å². The Bertz CT molecular complexity index is 906. The Balaban J connectivity index is 2.07. The maximum absolute atomic E-state index is 13.6. The fourth-order valence-electron chi connectivity index (χ4n) is 3.20. The Morgan fingerprint density at radius 3 is 2.54 bits per heavy atom. The molecule has 0 radical (unpaired) electrons. The number of halogens is 3. The normalized spacial score (nSPS) is 21.3. The third-order valence-electron chi connectivity index (χ3n) is 4.57. The number of thiazole rings is 1. The van der Waals surface area contributed by atoms with Crippen LogP contribution in [0.3, 0.4) is 0 Å². The summed E-state index contributed by atoms with van der Waals surface area (Å²) in [7, 11) is -2.63. The van der Waals surface area contributed by atoms with Gasteiger partial charge in [-0.1, -0.05) is 6.07 Å². The van der Waals surface area contributed by atoms with Crippen molar-refractivity contribution in [2.45, 2.75) is 48.6 Å². The summed E-state index contributed by atoms with van der Waals surface area (Å²) < 4.78 is 71.7. The lowest BCUT2D eigenvalue weighted by molar-refractivity contribution is -0.139. The minimum Gasteiger partial charge on any atom is -0.381 e. The van der Waals surface area contributed by atoms with Crippen LogP contribution >= 0.6 is 11.3 Å². The maximum atomic E-state index is 13.6. The summed E-state index contributed by atoms with van der Waals surface area (Å²) in [5.74, 6) is 0. The van der Waals surface area contributed by atoms with Crippen LogP contribution in [-0.4, -0.2) is 31.9 Å². The molecule has 1 aliphatic rings. The van der Waals surface area contributed by atoms with Gasteiger partial charge in [-0.3, -0.25) is 0 Å². The van der Waals surface area contributed by atoms with E-state index in [0.717, 1.165) is 12.1 Å². The molecule has 0 unspecified atom stereocenters. The van der Waals surface area contributed by atoms with Crippen LogP contribution in [0.1, 0.15) is 30.5 Å². The van der Waals surface area contributed by atoms with E-state index >= 15 is 0 Å². The van der Waals surface area contributed by atoms with E-state index in [-0.39, 0.29) is 18.1 Å². The second kappa shape index (κ2) is 6.94. The minimum atomic E-state index is -4.77. The number of aromatic nitrogens is 1. The molecule has 3 rings (SSSR count). The number of nitrogens with zero attached hydrogens (tertiary/aromatic N) is 1. The number of benzene rings is 1. The molecule has 26 heavy (non-hydrogen) atoms. The third kappa shape index (κ3) is 3.65. The van der Waals surface area contributed by atoms with Crippen LogP contribution in [0.4, 0.5) is 13.2 Å². The van der Waals surface area contributed by atoms with Crippen LogP contribution in [0.15, 0.2) is 28.5 Å². The number of ether oxygens (including phenoxy) is 1. The number of aryl methyl sites for hydroxylation is 1. The zero-order valence-corrected chi connectivity index (χ0v) is 15.8.